The Bertz CT molecular complexity index is 1380. The average molecular weight is 456 g/mol. The van der Waals surface area contributed by atoms with Crippen LogP contribution in [0.3, 0.4) is 0 Å². The number of fused-ring (bicyclic) bond motifs is 1. The number of nitrogens with two attached hydrogens (primary N) is 2. The molecule has 1 unspecified atom stereocenters. The van der Waals surface area contributed by atoms with Crippen molar-refractivity contribution in [3.05, 3.63) is 82.3 Å². The molecule has 7 nitrogen and oxygen atoms in total. The third-order valence-electron chi connectivity index (χ3n) is 7.35. The van der Waals surface area contributed by atoms with Crippen molar-refractivity contribution >= 4 is 22.6 Å². The highest BCUT2D eigenvalue weighted by Gasteiger charge is 2.46. The Labute approximate surface area is 197 Å². The van der Waals surface area contributed by atoms with Gasteiger partial charge in [0.05, 0.1) is 10.9 Å². The van der Waals surface area contributed by atoms with Crippen LogP contribution in [-0.4, -0.2) is 21.1 Å². The van der Waals surface area contributed by atoms with Crippen molar-refractivity contribution in [3.8, 4) is 11.1 Å². The molecule has 7 heteroatoms. The van der Waals surface area contributed by atoms with Gasteiger partial charge in [-0.05, 0) is 54.2 Å². The molecule has 1 aliphatic rings. The van der Waals surface area contributed by atoms with Gasteiger partial charge in [-0.2, -0.15) is 5.10 Å². The van der Waals surface area contributed by atoms with Gasteiger partial charge in [-0.15, -0.1) is 0 Å². The topological polar surface area (TPSA) is 131 Å². The molecule has 1 saturated carbocycles. The minimum atomic E-state index is -0.697. The van der Waals surface area contributed by atoms with Gasteiger partial charge in [0.2, 0.25) is 11.5 Å². The number of amides is 1. The number of H-pyrrole nitrogens is 2. The van der Waals surface area contributed by atoms with Gasteiger partial charge in [0.25, 0.3) is 0 Å². The zero-order chi connectivity index (χ0) is 23.7. The molecule has 0 bridgehead atoms. The van der Waals surface area contributed by atoms with Gasteiger partial charge in [-0.1, -0.05) is 55.7 Å². The van der Waals surface area contributed by atoms with E-state index in [9.17, 15) is 9.59 Å². The number of aromatic amines is 2. The maximum atomic E-state index is 13.0. The van der Waals surface area contributed by atoms with Crippen LogP contribution in [-0.2, 0) is 11.2 Å². The fraction of sp³-hybridized carbons (Fsp3) is 0.296. The van der Waals surface area contributed by atoms with Gasteiger partial charge in [-0.25, -0.2) is 0 Å². The molecule has 2 aromatic carbocycles. The number of carbonyl (C=O) groups is 1. The Balaban J connectivity index is 1.64. The van der Waals surface area contributed by atoms with Crippen molar-refractivity contribution in [2.75, 3.05) is 5.73 Å². The van der Waals surface area contributed by atoms with Gasteiger partial charge in [-0.3, -0.25) is 14.7 Å². The van der Waals surface area contributed by atoms with Crippen molar-refractivity contribution < 1.29 is 4.79 Å². The maximum absolute atomic E-state index is 13.0. The highest BCUT2D eigenvalue weighted by Crippen LogP contribution is 2.48. The van der Waals surface area contributed by atoms with Crippen LogP contribution in [0.5, 0.6) is 0 Å². The smallest absolute Gasteiger partial charge is 0.248 e. The average Bonchev–Trinajstić information content (AvgIpc) is 3.23. The lowest BCUT2D eigenvalue weighted by Crippen LogP contribution is -2.45. The molecule has 1 aliphatic carbocycles. The van der Waals surface area contributed by atoms with Crippen molar-refractivity contribution in [1.82, 2.24) is 15.2 Å². The Kier molecular flexibility index (Phi) is 5.69. The monoisotopic (exact) mass is 455 g/mol. The zero-order valence-corrected chi connectivity index (χ0v) is 19.0. The summed E-state index contributed by atoms with van der Waals surface area (Å²) in [5.74, 6) is -0.0719. The van der Waals surface area contributed by atoms with Crippen LogP contribution >= 0.6 is 0 Å². The number of primary amides is 1. The van der Waals surface area contributed by atoms with Gasteiger partial charge >= 0.3 is 0 Å². The van der Waals surface area contributed by atoms with Crippen LogP contribution in [0, 0.1) is 5.41 Å². The number of nitrogens with zero attached hydrogens (tertiary/aromatic N) is 1. The summed E-state index contributed by atoms with van der Waals surface area (Å²) in [6.07, 6.45) is 5.08. The minimum Gasteiger partial charge on any atom is -0.382 e. The van der Waals surface area contributed by atoms with Gasteiger partial charge in [0.1, 0.15) is 0 Å². The van der Waals surface area contributed by atoms with E-state index < -0.39 is 5.41 Å². The molecule has 2 heterocycles. The predicted octanol–water partition coefficient (Wildman–Crippen LogP) is 4.26. The number of aromatic nitrogens is 3. The molecule has 1 fully saturated rings. The number of hydrogen-bond acceptors (Lipinski definition) is 4. The third-order valence-corrected chi connectivity index (χ3v) is 7.35. The van der Waals surface area contributed by atoms with Crippen molar-refractivity contribution in [1.29, 1.82) is 0 Å². The molecular formula is C27H29N5O2. The first kappa shape index (κ1) is 21.9. The summed E-state index contributed by atoms with van der Waals surface area (Å²) in [6.45, 7) is 0. The molecule has 6 N–H and O–H groups in total. The fourth-order valence-corrected chi connectivity index (χ4v) is 5.54. The molecule has 4 aromatic rings. The van der Waals surface area contributed by atoms with E-state index in [1.807, 2.05) is 42.5 Å². The van der Waals surface area contributed by atoms with Gasteiger partial charge in [0, 0.05) is 23.1 Å². The minimum absolute atomic E-state index is 0.204. The van der Waals surface area contributed by atoms with E-state index in [1.165, 1.54) is 0 Å². The number of nitrogen functional groups attached to an aromatic ring is 1. The number of pyridine rings is 1. The van der Waals surface area contributed by atoms with Crippen LogP contribution < -0.4 is 17.0 Å². The normalized spacial score (nSPS) is 16.4. The van der Waals surface area contributed by atoms with E-state index in [1.54, 1.807) is 6.07 Å². The molecular weight excluding hydrogens is 426 g/mol. The lowest BCUT2D eigenvalue weighted by atomic mass is 9.62. The van der Waals surface area contributed by atoms with E-state index in [-0.39, 0.29) is 17.4 Å². The standard InChI is InChI=1S/C27H29N5O2/c28-25-20-10-9-18(14-22(20)31-32-25)19-15-23(30-24(33)16-19)21(13-17-7-3-1-4-8-17)27(26(29)34)11-5-2-6-12-27/h1,3-4,7-10,14-16,21H,2,5-6,11-13H2,(H2,29,34)(H,30,33)(H3,28,31,32). The molecule has 34 heavy (non-hydrogen) atoms. The summed E-state index contributed by atoms with van der Waals surface area (Å²) in [7, 11) is 0. The number of nitrogens with one attached hydrogen (secondary N) is 2. The summed E-state index contributed by atoms with van der Waals surface area (Å²) in [5, 5.41) is 7.84. The fourth-order valence-electron chi connectivity index (χ4n) is 5.54. The second-order valence-corrected chi connectivity index (χ2v) is 9.38. The number of hydrogen-bond donors (Lipinski definition) is 4. The van der Waals surface area contributed by atoms with Crippen LogP contribution in [0.25, 0.3) is 22.0 Å². The third kappa shape index (κ3) is 3.98. The SMILES string of the molecule is NC(=O)C1(C(Cc2ccccc2)c2cc(-c3ccc4c(N)n[nH]c4c3)cc(=O)[nH]2)CCCCC1. The molecule has 5 rings (SSSR count). The van der Waals surface area contributed by atoms with Crippen LogP contribution in [0.4, 0.5) is 5.82 Å². The highest BCUT2D eigenvalue weighted by molar-refractivity contribution is 5.91. The summed E-state index contributed by atoms with van der Waals surface area (Å²) < 4.78 is 0. The van der Waals surface area contributed by atoms with Gasteiger partial charge < -0.3 is 16.5 Å². The zero-order valence-electron chi connectivity index (χ0n) is 19.0. The van der Waals surface area contributed by atoms with Crippen molar-refractivity contribution in [2.45, 2.75) is 44.4 Å². The first-order valence-electron chi connectivity index (χ1n) is 11.8. The number of benzene rings is 2. The van der Waals surface area contributed by atoms with E-state index in [4.69, 9.17) is 11.5 Å². The van der Waals surface area contributed by atoms with Crippen molar-refractivity contribution in [3.63, 3.8) is 0 Å². The lowest BCUT2D eigenvalue weighted by Gasteiger charge is -2.41. The first-order chi connectivity index (χ1) is 16.5. The molecule has 1 amide bonds. The van der Waals surface area contributed by atoms with E-state index >= 15 is 0 Å². The number of anilines is 1. The Morgan fingerprint density at radius 2 is 1.76 bits per heavy atom. The Morgan fingerprint density at radius 3 is 2.50 bits per heavy atom. The maximum Gasteiger partial charge on any atom is 0.248 e. The van der Waals surface area contributed by atoms with E-state index in [0.717, 1.165) is 65.4 Å². The summed E-state index contributed by atoms with van der Waals surface area (Å²) in [5.41, 5.74) is 15.4. The Hall–Kier alpha value is -3.87. The summed E-state index contributed by atoms with van der Waals surface area (Å²) in [4.78, 5) is 28.9. The number of rotatable bonds is 6. The molecule has 0 aliphatic heterocycles. The van der Waals surface area contributed by atoms with E-state index in [2.05, 4.69) is 27.3 Å². The molecule has 0 spiro atoms. The summed E-state index contributed by atoms with van der Waals surface area (Å²) in [6, 6.07) is 19.4. The summed E-state index contributed by atoms with van der Waals surface area (Å²) >= 11 is 0. The molecule has 1 atom stereocenters. The largest absolute Gasteiger partial charge is 0.382 e. The Morgan fingerprint density at radius 1 is 1.00 bits per heavy atom. The highest BCUT2D eigenvalue weighted by atomic mass is 16.1. The van der Waals surface area contributed by atoms with Crippen molar-refractivity contribution in [2.24, 2.45) is 11.1 Å². The van der Waals surface area contributed by atoms with Crippen LogP contribution in [0.2, 0.25) is 0 Å². The lowest BCUT2D eigenvalue weighted by molar-refractivity contribution is -0.131. The quantitative estimate of drug-likeness (QED) is 0.346. The molecule has 0 radical (unpaired) electrons. The van der Waals surface area contributed by atoms with Crippen LogP contribution in [0.1, 0.15) is 49.3 Å². The first-order valence-corrected chi connectivity index (χ1v) is 11.8. The van der Waals surface area contributed by atoms with Gasteiger partial charge in [0.15, 0.2) is 5.82 Å². The second kappa shape index (κ2) is 8.82. The van der Waals surface area contributed by atoms with E-state index in [0.29, 0.717) is 12.2 Å². The molecule has 2 aromatic heterocycles. The number of carbonyl (C=O) groups excluding carboxylic acids is 1. The second-order valence-electron chi connectivity index (χ2n) is 9.38. The molecule has 174 valence electrons. The van der Waals surface area contributed by atoms with Crippen LogP contribution in [0.15, 0.2) is 65.5 Å². The molecule has 0 saturated heterocycles. The predicted molar refractivity (Wildman–Crippen MR) is 134 cm³/mol.